The first-order valence-electron chi connectivity index (χ1n) is 8.03. The Hall–Kier alpha value is -3.01. The van der Waals surface area contributed by atoms with Gasteiger partial charge >= 0.3 is 11.6 Å². The summed E-state index contributed by atoms with van der Waals surface area (Å²) < 4.78 is 18.6. The molecule has 3 rings (SSSR count). The second-order valence-electron chi connectivity index (χ2n) is 5.87. The molecule has 2 heterocycles. The van der Waals surface area contributed by atoms with Crippen LogP contribution in [-0.4, -0.2) is 64.1 Å². The van der Waals surface area contributed by atoms with Crippen molar-refractivity contribution in [2.75, 3.05) is 33.3 Å². The van der Waals surface area contributed by atoms with E-state index in [1.54, 1.807) is 18.2 Å². The number of halogens is 1. The molecule has 1 N–H and O–H groups in total. The van der Waals surface area contributed by atoms with E-state index in [9.17, 15) is 19.3 Å². The number of carbonyl (C=O) groups is 1. The van der Waals surface area contributed by atoms with Gasteiger partial charge in [0.15, 0.2) is 0 Å². The molecule has 0 aliphatic carbocycles. The zero-order chi connectivity index (χ0) is 18.7. The first-order chi connectivity index (χ1) is 12.5. The van der Waals surface area contributed by atoms with Crippen molar-refractivity contribution in [3.63, 3.8) is 0 Å². The van der Waals surface area contributed by atoms with Gasteiger partial charge in [0.25, 0.3) is 5.91 Å². The number of carbonyl (C=O) groups excluding carboxylic acids is 1. The largest absolute Gasteiger partial charge is 0.475 e. The fourth-order valence-electron chi connectivity index (χ4n) is 2.92. The number of aromatic amines is 1. The Morgan fingerprint density at radius 2 is 2.04 bits per heavy atom. The van der Waals surface area contributed by atoms with Gasteiger partial charge in [0.05, 0.1) is 12.0 Å². The molecule has 26 heavy (non-hydrogen) atoms. The average molecular weight is 363 g/mol. The highest BCUT2D eigenvalue weighted by molar-refractivity contribution is 5.97. The van der Waals surface area contributed by atoms with Gasteiger partial charge < -0.3 is 9.64 Å². The molecule has 1 aromatic heterocycles. The third kappa shape index (κ3) is 3.49. The summed E-state index contributed by atoms with van der Waals surface area (Å²) in [7, 11) is 1.25. The number of aromatic nitrogens is 2. The van der Waals surface area contributed by atoms with Gasteiger partial charge in [-0.25, -0.2) is 4.39 Å². The van der Waals surface area contributed by atoms with Crippen molar-refractivity contribution in [2.24, 2.45) is 0 Å². The molecule has 0 atom stereocenters. The second-order valence-corrected chi connectivity index (χ2v) is 5.87. The SMILES string of the molecule is COc1n[nH]c(C(=O)N2CCN(Cc3ccccc3F)CC2)c1[N+](=O)[O-]. The summed E-state index contributed by atoms with van der Waals surface area (Å²) in [5.41, 5.74) is -0.0677. The van der Waals surface area contributed by atoms with E-state index in [-0.39, 0.29) is 17.4 Å². The molecule has 0 spiro atoms. The third-order valence-corrected chi connectivity index (χ3v) is 4.31. The Labute approximate surface area is 148 Å². The molecular formula is C16H18FN5O4. The number of piperazine rings is 1. The van der Waals surface area contributed by atoms with Gasteiger partial charge in [0.1, 0.15) is 5.82 Å². The van der Waals surface area contributed by atoms with Crippen LogP contribution in [0.5, 0.6) is 5.88 Å². The minimum atomic E-state index is -0.690. The lowest BCUT2D eigenvalue weighted by molar-refractivity contribution is -0.386. The van der Waals surface area contributed by atoms with Gasteiger partial charge in [-0.05, 0) is 6.07 Å². The number of amides is 1. The van der Waals surface area contributed by atoms with Gasteiger partial charge in [-0.2, -0.15) is 0 Å². The molecule has 1 saturated heterocycles. The van der Waals surface area contributed by atoms with Crippen molar-refractivity contribution >= 4 is 11.6 Å². The minimum absolute atomic E-state index is 0.200. The fraction of sp³-hybridized carbons (Fsp3) is 0.375. The van der Waals surface area contributed by atoms with E-state index in [0.29, 0.717) is 38.3 Å². The van der Waals surface area contributed by atoms with Crippen molar-refractivity contribution in [3.8, 4) is 5.88 Å². The summed E-state index contributed by atoms with van der Waals surface area (Å²) in [6.07, 6.45) is 0. The minimum Gasteiger partial charge on any atom is -0.475 e. The van der Waals surface area contributed by atoms with E-state index in [1.807, 2.05) is 4.90 Å². The number of benzene rings is 1. The van der Waals surface area contributed by atoms with Crippen LogP contribution >= 0.6 is 0 Å². The highest BCUT2D eigenvalue weighted by Gasteiger charge is 2.33. The molecule has 138 valence electrons. The van der Waals surface area contributed by atoms with E-state index < -0.39 is 16.5 Å². The van der Waals surface area contributed by atoms with Crippen LogP contribution in [0.3, 0.4) is 0 Å². The number of rotatable bonds is 5. The van der Waals surface area contributed by atoms with Crippen LogP contribution in [0.1, 0.15) is 16.1 Å². The third-order valence-electron chi connectivity index (χ3n) is 4.31. The van der Waals surface area contributed by atoms with Crippen LogP contribution in [0.2, 0.25) is 0 Å². The maximum absolute atomic E-state index is 13.7. The molecule has 0 radical (unpaired) electrons. The molecule has 1 amide bonds. The molecule has 0 bridgehead atoms. The van der Waals surface area contributed by atoms with Crippen molar-refractivity contribution < 1.29 is 18.8 Å². The van der Waals surface area contributed by atoms with Crippen LogP contribution < -0.4 is 4.74 Å². The van der Waals surface area contributed by atoms with Crippen LogP contribution in [0.15, 0.2) is 24.3 Å². The molecule has 1 aromatic carbocycles. The molecule has 1 fully saturated rings. The van der Waals surface area contributed by atoms with Crippen LogP contribution in [0.25, 0.3) is 0 Å². The lowest BCUT2D eigenvalue weighted by Gasteiger charge is -2.34. The number of hydrogen-bond donors (Lipinski definition) is 1. The lowest BCUT2D eigenvalue weighted by Crippen LogP contribution is -2.48. The maximum Gasteiger partial charge on any atom is 0.362 e. The molecule has 9 nitrogen and oxygen atoms in total. The zero-order valence-corrected chi connectivity index (χ0v) is 14.1. The van der Waals surface area contributed by atoms with Crippen molar-refractivity contribution in [1.29, 1.82) is 0 Å². The van der Waals surface area contributed by atoms with Crippen LogP contribution in [0.4, 0.5) is 10.1 Å². The summed E-state index contributed by atoms with van der Waals surface area (Å²) in [6, 6.07) is 6.57. The Morgan fingerprint density at radius 1 is 1.35 bits per heavy atom. The zero-order valence-electron chi connectivity index (χ0n) is 14.1. The van der Waals surface area contributed by atoms with Crippen LogP contribution in [0, 0.1) is 15.9 Å². The molecular weight excluding hydrogens is 345 g/mol. The normalized spacial score (nSPS) is 15.1. The Bertz CT molecular complexity index is 817. The number of nitrogens with zero attached hydrogens (tertiary/aromatic N) is 4. The molecule has 0 unspecified atom stereocenters. The first kappa shape index (κ1) is 17.8. The van der Waals surface area contributed by atoms with E-state index in [4.69, 9.17) is 4.74 Å². The van der Waals surface area contributed by atoms with Gasteiger partial charge in [-0.15, -0.1) is 5.10 Å². The van der Waals surface area contributed by atoms with Gasteiger partial charge in [-0.1, -0.05) is 18.2 Å². The average Bonchev–Trinajstić information content (AvgIpc) is 3.08. The monoisotopic (exact) mass is 363 g/mol. The second kappa shape index (κ2) is 7.48. The maximum atomic E-state index is 13.7. The smallest absolute Gasteiger partial charge is 0.362 e. The highest BCUT2D eigenvalue weighted by Crippen LogP contribution is 2.28. The number of ether oxygens (including phenoxy) is 1. The Kier molecular flexibility index (Phi) is 5.12. The number of methoxy groups -OCH3 is 1. The number of hydrogen-bond acceptors (Lipinski definition) is 6. The number of nitrogens with one attached hydrogen (secondary N) is 1. The molecule has 10 heteroatoms. The van der Waals surface area contributed by atoms with Crippen molar-refractivity contribution in [2.45, 2.75) is 6.54 Å². The topological polar surface area (TPSA) is 105 Å². The quantitative estimate of drug-likeness (QED) is 0.636. The predicted octanol–water partition coefficient (Wildman–Crippen LogP) is 1.42. The first-order valence-corrected chi connectivity index (χ1v) is 8.03. The van der Waals surface area contributed by atoms with Crippen molar-refractivity contribution in [3.05, 3.63) is 51.5 Å². The number of nitro groups is 1. The highest BCUT2D eigenvalue weighted by atomic mass is 19.1. The summed E-state index contributed by atoms with van der Waals surface area (Å²) in [6.45, 7) is 2.29. The molecule has 0 saturated carbocycles. The Balaban J connectivity index is 1.65. The van der Waals surface area contributed by atoms with Gasteiger partial charge in [-0.3, -0.25) is 24.9 Å². The van der Waals surface area contributed by atoms with Gasteiger partial charge in [0, 0.05) is 38.3 Å². The standard InChI is InChI=1S/C16H18FN5O4/c1-26-15-14(22(24)25)13(18-19-15)16(23)21-8-6-20(7-9-21)10-11-4-2-3-5-12(11)17/h2-5H,6-10H2,1H3,(H,18,19). The van der Waals surface area contributed by atoms with Crippen LogP contribution in [-0.2, 0) is 6.54 Å². The Morgan fingerprint density at radius 3 is 2.65 bits per heavy atom. The predicted molar refractivity (Wildman–Crippen MR) is 89.4 cm³/mol. The fourth-order valence-corrected chi connectivity index (χ4v) is 2.92. The molecule has 1 aliphatic rings. The molecule has 2 aromatic rings. The summed E-state index contributed by atoms with van der Waals surface area (Å²) in [4.78, 5) is 26.6. The lowest BCUT2D eigenvalue weighted by atomic mass is 10.2. The van der Waals surface area contributed by atoms with E-state index in [1.165, 1.54) is 18.1 Å². The van der Waals surface area contributed by atoms with E-state index >= 15 is 0 Å². The summed E-state index contributed by atoms with van der Waals surface area (Å²) in [5, 5.41) is 17.2. The summed E-state index contributed by atoms with van der Waals surface area (Å²) >= 11 is 0. The molecule has 1 aliphatic heterocycles. The van der Waals surface area contributed by atoms with E-state index in [2.05, 4.69) is 10.2 Å². The van der Waals surface area contributed by atoms with Crippen molar-refractivity contribution in [1.82, 2.24) is 20.0 Å². The summed E-state index contributed by atoms with van der Waals surface area (Å²) in [5.74, 6) is -0.985. The number of H-pyrrole nitrogens is 1. The van der Waals surface area contributed by atoms with E-state index in [0.717, 1.165) is 0 Å². The van der Waals surface area contributed by atoms with Gasteiger partial charge in [0.2, 0.25) is 5.69 Å².